The van der Waals surface area contributed by atoms with E-state index in [1.165, 1.54) is 19.3 Å². The molecule has 2 aromatic heterocycles. The van der Waals surface area contributed by atoms with Gasteiger partial charge in [-0.15, -0.1) is 0 Å². The van der Waals surface area contributed by atoms with Gasteiger partial charge in [0.2, 0.25) is 0 Å². The molecular formula is C13H15Cl2N3. The number of aryl methyl sites for hydroxylation is 1. The Balaban J connectivity index is 2.15. The minimum Gasteiger partial charge on any atom is -0.216 e. The fraction of sp³-hybridized carbons (Fsp3) is 0.538. The largest absolute Gasteiger partial charge is 0.216 e. The molecule has 0 aromatic carbocycles. The third kappa shape index (κ3) is 1.99. The molecule has 1 fully saturated rings. The van der Waals surface area contributed by atoms with Gasteiger partial charge in [-0.1, -0.05) is 42.5 Å². The molecule has 0 atom stereocenters. The van der Waals surface area contributed by atoms with Crippen molar-refractivity contribution in [2.45, 2.75) is 44.9 Å². The molecule has 0 saturated heterocycles. The summed E-state index contributed by atoms with van der Waals surface area (Å²) < 4.78 is 1.70. The maximum Gasteiger partial charge on any atom is 0.158 e. The third-order valence-corrected chi connectivity index (χ3v) is 4.32. The van der Waals surface area contributed by atoms with Crippen LogP contribution in [0.4, 0.5) is 0 Å². The average Bonchev–Trinajstić information content (AvgIpc) is 2.71. The van der Waals surface area contributed by atoms with Crippen LogP contribution in [0.5, 0.6) is 0 Å². The van der Waals surface area contributed by atoms with Crippen LogP contribution in [0, 0.1) is 6.92 Å². The van der Waals surface area contributed by atoms with Gasteiger partial charge in [-0.2, -0.15) is 5.10 Å². The molecule has 0 radical (unpaired) electrons. The second-order valence-corrected chi connectivity index (χ2v) is 5.71. The fourth-order valence-electron chi connectivity index (χ4n) is 2.80. The monoisotopic (exact) mass is 283 g/mol. The van der Waals surface area contributed by atoms with Crippen molar-refractivity contribution in [3.63, 3.8) is 0 Å². The van der Waals surface area contributed by atoms with E-state index < -0.39 is 0 Å². The maximum atomic E-state index is 6.47. The Kier molecular flexibility index (Phi) is 3.20. The van der Waals surface area contributed by atoms with Crippen LogP contribution < -0.4 is 0 Å². The second-order valence-electron chi connectivity index (χ2n) is 5.00. The number of rotatable bonds is 1. The van der Waals surface area contributed by atoms with E-state index in [1.54, 1.807) is 4.52 Å². The summed E-state index contributed by atoms with van der Waals surface area (Å²) in [5.41, 5.74) is 2.61. The van der Waals surface area contributed by atoms with E-state index in [2.05, 4.69) is 10.1 Å². The molecule has 0 aliphatic heterocycles. The van der Waals surface area contributed by atoms with Crippen LogP contribution in [0.25, 0.3) is 5.65 Å². The van der Waals surface area contributed by atoms with E-state index in [9.17, 15) is 0 Å². The van der Waals surface area contributed by atoms with Gasteiger partial charge in [-0.3, -0.25) is 0 Å². The molecule has 3 rings (SSSR count). The Morgan fingerprint density at radius 1 is 1.22 bits per heavy atom. The van der Waals surface area contributed by atoms with Crippen molar-refractivity contribution < 1.29 is 0 Å². The smallest absolute Gasteiger partial charge is 0.158 e. The van der Waals surface area contributed by atoms with Gasteiger partial charge in [0.1, 0.15) is 10.3 Å². The van der Waals surface area contributed by atoms with Crippen LogP contribution in [0.2, 0.25) is 10.3 Å². The van der Waals surface area contributed by atoms with Gasteiger partial charge in [-0.05, 0) is 25.7 Å². The lowest BCUT2D eigenvalue weighted by Gasteiger charge is -2.23. The Hall–Kier alpha value is -0.800. The van der Waals surface area contributed by atoms with Crippen molar-refractivity contribution in [2.24, 2.45) is 0 Å². The first kappa shape index (κ1) is 12.2. The summed E-state index contributed by atoms with van der Waals surface area (Å²) in [6, 6.07) is 1.89. The normalized spacial score (nSPS) is 17.5. The number of hydrogen-bond donors (Lipinski definition) is 0. The lowest BCUT2D eigenvalue weighted by atomic mass is 9.85. The highest BCUT2D eigenvalue weighted by atomic mass is 35.5. The van der Waals surface area contributed by atoms with E-state index in [0.717, 1.165) is 29.7 Å². The van der Waals surface area contributed by atoms with Gasteiger partial charge in [0, 0.05) is 11.6 Å². The second kappa shape index (κ2) is 4.71. The van der Waals surface area contributed by atoms with Crippen molar-refractivity contribution in [1.82, 2.24) is 14.6 Å². The van der Waals surface area contributed by atoms with Crippen LogP contribution in [0.3, 0.4) is 0 Å². The van der Waals surface area contributed by atoms with Gasteiger partial charge < -0.3 is 0 Å². The van der Waals surface area contributed by atoms with E-state index in [4.69, 9.17) is 23.2 Å². The molecule has 18 heavy (non-hydrogen) atoms. The van der Waals surface area contributed by atoms with Crippen molar-refractivity contribution in [2.75, 3.05) is 0 Å². The minimum atomic E-state index is 0.431. The van der Waals surface area contributed by atoms with Gasteiger partial charge in [-0.25, -0.2) is 9.50 Å². The van der Waals surface area contributed by atoms with Crippen LogP contribution in [0.15, 0.2) is 6.07 Å². The number of aromatic nitrogens is 3. The zero-order valence-corrected chi connectivity index (χ0v) is 11.8. The first-order chi connectivity index (χ1) is 8.66. The van der Waals surface area contributed by atoms with Crippen LogP contribution in [0.1, 0.15) is 49.3 Å². The standard InChI is InChI=1S/C13H15Cl2N3/c1-8-7-10-16-12(14)11(13(15)18(10)17-8)9-5-3-2-4-6-9/h7,9H,2-6H2,1H3. The number of nitrogens with zero attached hydrogens (tertiary/aromatic N) is 3. The fourth-order valence-corrected chi connectivity index (χ4v) is 3.55. The number of hydrogen-bond acceptors (Lipinski definition) is 2. The quantitative estimate of drug-likeness (QED) is 0.727. The molecule has 0 unspecified atom stereocenters. The first-order valence-electron chi connectivity index (χ1n) is 6.38. The summed E-state index contributed by atoms with van der Waals surface area (Å²) in [4.78, 5) is 4.41. The lowest BCUT2D eigenvalue weighted by molar-refractivity contribution is 0.441. The third-order valence-electron chi connectivity index (χ3n) is 3.67. The molecule has 0 bridgehead atoms. The minimum absolute atomic E-state index is 0.431. The predicted octanol–water partition coefficient (Wildman–Crippen LogP) is 4.39. The maximum absolute atomic E-state index is 6.47. The molecule has 0 amide bonds. The summed E-state index contributed by atoms with van der Waals surface area (Å²) in [5, 5.41) is 5.54. The number of halogens is 2. The lowest BCUT2D eigenvalue weighted by Crippen LogP contribution is -2.09. The van der Waals surface area contributed by atoms with Gasteiger partial charge in [0.25, 0.3) is 0 Å². The van der Waals surface area contributed by atoms with Crippen molar-refractivity contribution in [1.29, 1.82) is 0 Å². The SMILES string of the molecule is Cc1cc2nc(Cl)c(C3CCCCC3)c(Cl)n2n1. The zero-order chi connectivity index (χ0) is 12.7. The van der Waals surface area contributed by atoms with Crippen LogP contribution >= 0.6 is 23.2 Å². The van der Waals surface area contributed by atoms with Gasteiger partial charge >= 0.3 is 0 Å². The zero-order valence-electron chi connectivity index (χ0n) is 10.3. The van der Waals surface area contributed by atoms with Crippen LogP contribution in [-0.4, -0.2) is 14.6 Å². The Morgan fingerprint density at radius 2 is 1.94 bits per heavy atom. The molecule has 0 N–H and O–H groups in total. The van der Waals surface area contributed by atoms with Gasteiger partial charge in [0.05, 0.1) is 5.69 Å². The molecule has 1 aliphatic rings. The summed E-state index contributed by atoms with van der Waals surface area (Å²) in [6.07, 6.45) is 6.09. The molecular weight excluding hydrogens is 269 g/mol. The highest BCUT2D eigenvalue weighted by molar-refractivity contribution is 6.35. The molecule has 96 valence electrons. The Labute approximate surface area is 116 Å². The summed E-state index contributed by atoms with van der Waals surface area (Å²) in [5.74, 6) is 0.431. The molecule has 2 heterocycles. The van der Waals surface area contributed by atoms with E-state index in [1.807, 2.05) is 13.0 Å². The van der Waals surface area contributed by atoms with E-state index >= 15 is 0 Å². The van der Waals surface area contributed by atoms with Crippen molar-refractivity contribution in [3.8, 4) is 0 Å². The molecule has 0 spiro atoms. The summed E-state index contributed by atoms with van der Waals surface area (Å²) in [6.45, 7) is 1.93. The van der Waals surface area contributed by atoms with Crippen molar-refractivity contribution in [3.05, 3.63) is 27.6 Å². The number of fused-ring (bicyclic) bond motifs is 1. The van der Waals surface area contributed by atoms with E-state index in [-0.39, 0.29) is 0 Å². The van der Waals surface area contributed by atoms with Crippen LogP contribution in [-0.2, 0) is 0 Å². The molecule has 1 saturated carbocycles. The summed E-state index contributed by atoms with van der Waals surface area (Å²) >= 11 is 12.8. The topological polar surface area (TPSA) is 30.2 Å². The predicted molar refractivity (Wildman–Crippen MR) is 73.6 cm³/mol. The molecule has 2 aromatic rings. The van der Waals surface area contributed by atoms with Gasteiger partial charge in [0.15, 0.2) is 5.65 Å². The molecule has 3 nitrogen and oxygen atoms in total. The van der Waals surface area contributed by atoms with Crippen molar-refractivity contribution >= 4 is 28.8 Å². The van der Waals surface area contributed by atoms with E-state index in [0.29, 0.717) is 16.2 Å². The first-order valence-corrected chi connectivity index (χ1v) is 7.13. The Morgan fingerprint density at radius 3 is 2.67 bits per heavy atom. The highest BCUT2D eigenvalue weighted by Gasteiger charge is 2.24. The Bertz CT molecular complexity index is 585. The molecule has 1 aliphatic carbocycles. The summed E-state index contributed by atoms with van der Waals surface area (Å²) in [7, 11) is 0. The molecule has 5 heteroatoms. The average molecular weight is 284 g/mol. The highest BCUT2D eigenvalue weighted by Crippen LogP contribution is 2.39.